The molecule has 2 atom stereocenters. The molecule has 0 saturated heterocycles. The van der Waals surface area contributed by atoms with Crippen LogP contribution in [0.2, 0.25) is 0 Å². The summed E-state index contributed by atoms with van der Waals surface area (Å²) >= 11 is 1.62. The highest BCUT2D eigenvalue weighted by atomic mass is 32.2. The number of rotatable bonds is 7. The van der Waals surface area contributed by atoms with Gasteiger partial charge in [-0.1, -0.05) is 36.4 Å². The van der Waals surface area contributed by atoms with E-state index >= 15 is 0 Å². The maximum Gasteiger partial charge on any atom is 0.312 e. The van der Waals surface area contributed by atoms with Gasteiger partial charge in [-0.2, -0.15) is 11.8 Å². The summed E-state index contributed by atoms with van der Waals surface area (Å²) in [5.74, 6) is 0.548. The predicted molar refractivity (Wildman–Crippen MR) is 100 cm³/mol. The van der Waals surface area contributed by atoms with Gasteiger partial charge >= 0.3 is 6.03 Å². The van der Waals surface area contributed by atoms with Crippen LogP contribution in [-0.2, 0) is 4.79 Å². The molecule has 0 aliphatic rings. The lowest BCUT2D eigenvalue weighted by Crippen LogP contribution is -2.49. The van der Waals surface area contributed by atoms with Crippen molar-refractivity contribution in [1.82, 2.24) is 10.6 Å². The lowest BCUT2D eigenvalue weighted by molar-refractivity contribution is -0.123. The SMILES string of the molecule is CSCCC(NC(N)=O)C(=O)NC(C)c1ccc2ccccc2c1. The molecule has 0 saturated carbocycles. The zero-order chi connectivity index (χ0) is 17.5. The van der Waals surface area contributed by atoms with Crippen molar-refractivity contribution in [2.45, 2.75) is 25.4 Å². The Kier molecular flexibility index (Phi) is 6.49. The summed E-state index contributed by atoms with van der Waals surface area (Å²) in [7, 11) is 0. The lowest BCUT2D eigenvalue weighted by atomic mass is 10.0. The minimum atomic E-state index is -0.686. The number of benzene rings is 2. The molecule has 0 aliphatic carbocycles. The number of fused-ring (bicyclic) bond motifs is 1. The van der Waals surface area contributed by atoms with Crippen LogP contribution in [0, 0.1) is 0 Å². The summed E-state index contributed by atoms with van der Waals surface area (Å²) < 4.78 is 0. The molecular formula is C18H23N3O2S. The molecule has 0 heterocycles. The van der Waals surface area contributed by atoms with Gasteiger partial charge in [0.05, 0.1) is 6.04 Å². The molecule has 4 N–H and O–H groups in total. The Balaban J connectivity index is 2.08. The summed E-state index contributed by atoms with van der Waals surface area (Å²) in [5.41, 5.74) is 6.19. The number of thioether (sulfide) groups is 1. The Labute approximate surface area is 146 Å². The summed E-state index contributed by atoms with van der Waals surface area (Å²) in [6.45, 7) is 1.93. The zero-order valence-corrected chi connectivity index (χ0v) is 14.7. The number of carbonyl (C=O) groups excluding carboxylic acids is 2. The molecule has 0 fully saturated rings. The fourth-order valence-electron chi connectivity index (χ4n) is 2.55. The monoisotopic (exact) mass is 345 g/mol. The highest BCUT2D eigenvalue weighted by Gasteiger charge is 2.21. The predicted octanol–water partition coefficient (Wildman–Crippen LogP) is 2.81. The van der Waals surface area contributed by atoms with E-state index < -0.39 is 12.1 Å². The largest absolute Gasteiger partial charge is 0.352 e. The molecule has 3 amide bonds. The van der Waals surface area contributed by atoms with Crippen molar-refractivity contribution in [2.75, 3.05) is 12.0 Å². The number of amides is 3. The van der Waals surface area contributed by atoms with E-state index in [1.54, 1.807) is 11.8 Å². The number of hydrogen-bond donors (Lipinski definition) is 3. The van der Waals surface area contributed by atoms with Crippen molar-refractivity contribution in [3.05, 3.63) is 48.0 Å². The van der Waals surface area contributed by atoms with Gasteiger partial charge < -0.3 is 16.4 Å². The van der Waals surface area contributed by atoms with Crippen molar-refractivity contribution >= 4 is 34.5 Å². The average molecular weight is 345 g/mol. The number of carbonyl (C=O) groups is 2. The first-order chi connectivity index (χ1) is 11.5. The maximum atomic E-state index is 12.4. The molecule has 0 radical (unpaired) electrons. The Morgan fingerprint density at radius 1 is 1.12 bits per heavy atom. The van der Waals surface area contributed by atoms with E-state index in [2.05, 4.69) is 22.8 Å². The molecule has 5 nitrogen and oxygen atoms in total. The van der Waals surface area contributed by atoms with Crippen molar-refractivity contribution in [3.63, 3.8) is 0 Å². The van der Waals surface area contributed by atoms with Crippen LogP contribution in [0.1, 0.15) is 24.9 Å². The molecule has 2 aromatic rings. The normalized spacial score (nSPS) is 13.2. The first kappa shape index (κ1) is 18.1. The Morgan fingerprint density at radius 3 is 2.50 bits per heavy atom. The number of hydrogen-bond acceptors (Lipinski definition) is 3. The van der Waals surface area contributed by atoms with Gasteiger partial charge in [-0.15, -0.1) is 0 Å². The van der Waals surface area contributed by atoms with E-state index in [9.17, 15) is 9.59 Å². The van der Waals surface area contributed by atoms with Crippen LogP contribution in [0.25, 0.3) is 10.8 Å². The smallest absolute Gasteiger partial charge is 0.312 e. The highest BCUT2D eigenvalue weighted by Crippen LogP contribution is 2.20. The molecule has 128 valence electrons. The van der Waals surface area contributed by atoms with Crippen molar-refractivity contribution < 1.29 is 9.59 Å². The van der Waals surface area contributed by atoms with Gasteiger partial charge in [-0.3, -0.25) is 4.79 Å². The first-order valence-electron chi connectivity index (χ1n) is 7.85. The standard InChI is InChI=1S/C18H23N3O2S/c1-12(14-8-7-13-5-3-4-6-15(13)11-14)20-17(22)16(9-10-24-2)21-18(19)23/h3-8,11-12,16H,9-10H2,1-2H3,(H,20,22)(H3,19,21,23). The summed E-state index contributed by atoms with van der Waals surface area (Å²) in [4.78, 5) is 23.5. The van der Waals surface area contributed by atoms with Gasteiger partial charge in [-0.25, -0.2) is 4.79 Å². The van der Waals surface area contributed by atoms with Crippen LogP contribution in [0.15, 0.2) is 42.5 Å². The maximum absolute atomic E-state index is 12.4. The van der Waals surface area contributed by atoms with E-state index in [1.165, 1.54) is 0 Å². The van der Waals surface area contributed by atoms with Crippen LogP contribution >= 0.6 is 11.8 Å². The topological polar surface area (TPSA) is 84.2 Å². The van der Waals surface area contributed by atoms with Gasteiger partial charge in [0.15, 0.2) is 0 Å². The highest BCUT2D eigenvalue weighted by molar-refractivity contribution is 7.98. The minimum Gasteiger partial charge on any atom is -0.352 e. The van der Waals surface area contributed by atoms with Crippen LogP contribution in [0.5, 0.6) is 0 Å². The molecule has 0 bridgehead atoms. The summed E-state index contributed by atoms with van der Waals surface area (Å²) in [6.07, 6.45) is 2.50. The van der Waals surface area contributed by atoms with E-state index in [-0.39, 0.29) is 11.9 Å². The summed E-state index contributed by atoms with van der Waals surface area (Å²) in [5, 5.41) is 7.76. The number of primary amides is 1. The second-order valence-electron chi connectivity index (χ2n) is 5.68. The Bertz CT molecular complexity index is 720. The summed E-state index contributed by atoms with van der Waals surface area (Å²) in [6, 6.07) is 12.7. The van der Waals surface area contributed by atoms with Gasteiger partial charge in [0.1, 0.15) is 6.04 Å². The molecule has 2 aromatic carbocycles. The number of urea groups is 1. The minimum absolute atomic E-state index is 0.159. The second-order valence-corrected chi connectivity index (χ2v) is 6.67. The molecule has 0 spiro atoms. The zero-order valence-electron chi connectivity index (χ0n) is 13.9. The van der Waals surface area contributed by atoms with Crippen LogP contribution in [0.4, 0.5) is 4.79 Å². The Hall–Kier alpha value is -2.21. The molecule has 2 unspecified atom stereocenters. The van der Waals surface area contributed by atoms with E-state index in [4.69, 9.17) is 5.73 Å². The van der Waals surface area contributed by atoms with Gasteiger partial charge in [0, 0.05) is 0 Å². The third kappa shape index (κ3) is 4.89. The van der Waals surface area contributed by atoms with E-state index in [0.717, 1.165) is 22.1 Å². The third-order valence-electron chi connectivity index (χ3n) is 3.88. The van der Waals surface area contributed by atoms with Gasteiger partial charge in [0.25, 0.3) is 0 Å². The third-order valence-corrected chi connectivity index (χ3v) is 4.52. The quantitative estimate of drug-likeness (QED) is 0.721. The van der Waals surface area contributed by atoms with Crippen LogP contribution in [-0.4, -0.2) is 30.0 Å². The average Bonchev–Trinajstić information content (AvgIpc) is 2.57. The lowest BCUT2D eigenvalue weighted by Gasteiger charge is -2.21. The van der Waals surface area contributed by atoms with Gasteiger partial charge in [0.2, 0.25) is 5.91 Å². The molecule has 6 heteroatoms. The molecule has 2 rings (SSSR count). The van der Waals surface area contributed by atoms with Crippen molar-refractivity contribution in [3.8, 4) is 0 Å². The fraction of sp³-hybridized carbons (Fsp3) is 0.333. The van der Waals surface area contributed by atoms with Crippen molar-refractivity contribution in [1.29, 1.82) is 0 Å². The van der Waals surface area contributed by atoms with Crippen molar-refractivity contribution in [2.24, 2.45) is 5.73 Å². The molecule has 24 heavy (non-hydrogen) atoms. The van der Waals surface area contributed by atoms with Crippen LogP contribution < -0.4 is 16.4 Å². The fourth-order valence-corrected chi connectivity index (χ4v) is 3.02. The second kappa shape index (κ2) is 8.59. The van der Waals surface area contributed by atoms with Crippen LogP contribution in [0.3, 0.4) is 0 Å². The van der Waals surface area contributed by atoms with E-state index in [0.29, 0.717) is 6.42 Å². The number of nitrogens with one attached hydrogen (secondary N) is 2. The number of nitrogens with two attached hydrogens (primary N) is 1. The molecular weight excluding hydrogens is 322 g/mol. The molecule has 0 aliphatic heterocycles. The Morgan fingerprint density at radius 2 is 1.83 bits per heavy atom. The molecule has 0 aromatic heterocycles. The van der Waals surface area contributed by atoms with E-state index in [1.807, 2.05) is 43.5 Å². The van der Waals surface area contributed by atoms with Gasteiger partial charge in [-0.05, 0) is 47.8 Å². The first-order valence-corrected chi connectivity index (χ1v) is 9.24.